The molecule has 0 heterocycles. The molecule has 0 aliphatic carbocycles. The number of allylic oxidation sites excluding steroid dienone is 1. The Labute approximate surface area is 166 Å². The van der Waals surface area contributed by atoms with Crippen LogP contribution in [0.15, 0.2) is 30.3 Å². The maximum atomic E-state index is 12.5. The predicted molar refractivity (Wildman–Crippen MR) is 116 cm³/mol. The molecule has 0 aliphatic heterocycles. The molecular weight excluding hydrogens is 334 g/mol. The van der Waals surface area contributed by atoms with Crippen molar-refractivity contribution in [1.82, 2.24) is 5.06 Å². The van der Waals surface area contributed by atoms with E-state index in [-0.39, 0.29) is 5.91 Å². The molecule has 0 atom stereocenters. The van der Waals surface area contributed by atoms with Gasteiger partial charge in [0, 0.05) is 12.1 Å². The van der Waals surface area contributed by atoms with Crippen LogP contribution >= 0.6 is 0 Å². The second-order valence-electron chi connectivity index (χ2n) is 7.12. The van der Waals surface area contributed by atoms with E-state index in [0.29, 0.717) is 18.7 Å². The maximum Gasteiger partial charge on any atom is 0.277 e. The summed E-state index contributed by atoms with van der Waals surface area (Å²) in [6.07, 6.45) is 16.8. The minimum atomic E-state index is -0.0587. The minimum Gasteiger partial charge on any atom is -0.271 e. The Morgan fingerprint density at radius 2 is 1.52 bits per heavy atom. The SMILES string of the molecule is CCCCCCCCC=Cc1ccc(C(=O)N(CC)OCCCCC)cc1. The first-order valence-corrected chi connectivity index (χ1v) is 10.9. The van der Waals surface area contributed by atoms with Crippen LogP contribution in [-0.2, 0) is 4.84 Å². The fraction of sp³-hybridized carbons (Fsp3) is 0.625. The normalized spacial score (nSPS) is 11.2. The molecule has 1 aromatic rings. The highest BCUT2D eigenvalue weighted by molar-refractivity contribution is 5.93. The van der Waals surface area contributed by atoms with Gasteiger partial charge in [0.15, 0.2) is 0 Å². The van der Waals surface area contributed by atoms with Gasteiger partial charge >= 0.3 is 0 Å². The Kier molecular flexibility index (Phi) is 13.4. The number of benzene rings is 1. The monoisotopic (exact) mass is 373 g/mol. The van der Waals surface area contributed by atoms with E-state index in [1.165, 1.54) is 43.6 Å². The van der Waals surface area contributed by atoms with Gasteiger partial charge in [0.05, 0.1) is 6.61 Å². The number of amides is 1. The molecule has 0 spiro atoms. The molecule has 152 valence electrons. The van der Waals surface area contributed by atoms with Gasteiger partial charge in [-0.05, 0) is 43.9 Å². The lowest BCUT2D eigenvalue weighted by atomic mass is 10.1. The standard InChI is InChI=1S/C24H39NO2/c1-4-7-9-10-11-12-13-14-16-22-17-19-23(20-18-22)24(26)25(6-3)27-21-15-8-5-2/h14,16-20H,4-13,15,21H2,1-3H3. The van der Waals surface area contributed by atoms with Gasteiger partial charge in [0.25, 0.3) is 5.91 Å². The van der Waals surface area contributed by atoms with Crippen molar-refractivity contribution in [3.63, 3.8) is 0 Å². The van der Waals surface area contributed by atoms with Crippen molar-refractivity contribution in [2.45, 2.75) is 85.0 Å². The second-order valence-corrected chi connectivity index (χ2v) is 7.12. The maximum absolute atomic E-state index is 12.5. The second kappa shape index (κ2) is 15.4. The van der Waals surface area contributed by atoms with E-state index in [1.54, 1.807) is 0 Å². The van der Waals surface area contributed by atoms with E-state index >= 15 is 0 Å². The first-order chi connectivity index (χ1) is 13.2. The number of rotatable bonds is 15. The highest BCUT2D eigenvalue weighted by atomic mass is 16.7. The van der Waals surface area contributed by atoms with Gasteiger partial charge in [-0.3, -0.25) is 9.63 Å². The number of nitrogens with zero attached hydrogens (tertiary/aromatic N) is 1. The third kappa shape index (κ3) is 10.3. The van der Waals surface area contributed by atoms with Crippen molar-refractivity contribution in [2.75, 3.05) is 13.2 Å². The van der Waals surface area contributed by atoms with Crippen molar-refractivity contribution in [3.05, 3.63) is 41.5 Å². The Bertz CT molecular complexity index is 522. The van der Waals surface area contributed by atoms with E-state index in [9.17, 15) is 4.79 Å². The highest BCUT2D eigenvalue weighted by Crippen LogP contribution is 2.12. The quantitative estimate of drug-likeness (QED) is 0.244. The highest BCUT2D eigenvalue weighted by Gasteiger charge is 2.14. The van der Waals surface area contributed by atoms with Crippen LogP contribution in [-0.4, -0.2) is 24.1 Å². The summed E-state index contributed by atoms with van der Waals surface area (Å²) in [6, 6.07) is 7.81. The molecule has 1 rings (SSSR count). The summed E-state index contributed by atoms with van der Waals surface area (Å²) in [4.78, 5) is 18.2. The molecule has 0 unspecified atom stereocenters. The number of carbonyl (C=O) groups excluding carboxylic acids is 1. The number of unbranched alkanes of at least 4 members (excludes halogenated alkanes) is 8. The van der Waals surface area contributed by atoms with Gasteiger partial charge in [-0.15, -0.1) is 0 Å². The average molecular weight is 374 g/mol. The molecule has 1 aromatic carbocycles. The number of hydrogen-bond donors (Lipinski definition) is 0. The van der Waals surface area contributed by atoms with E-state index in [0.717, 1.165) is 31.2 Å². The van der Waals surface area contributed by atoms with Crippen molar-refractivity contribution in [1.29, 1.82) is 0 Å². The van der Waals surface area contributed by atoms with Crippen molar-refractivity contribution >= 4 is 12.0 Å². The van der Waals surface area contributed by atoms with Crippen LogP contribution in [0.1, 0.15) is 101 Å². The zero-order valence-electron chi connectivity index (χ0n) is 17.7. The summed E-state index contributed by atoms with van der Waals surface area (Å²) in [5, 5.41) is 1.47. The Morgan fingerprint density at radius 3 is 2.19 bits per heavy atom. The third-order valence-electron chi connectivity index (χ3n) is 4.70. The number of carbonyl (C=O) groups is 1. The van der Waals surface area contributed by atoms with E-state index in [4.69, 9.17) is 4.84 Å². The molecule has 0 bridgehead atoms. The molecule has 0 radical (unpaired) electrons. The molecule has 0 fully saturated rings. The molecule has 1 amide bonds. The summed E-state index contributed by atoms with van der Waals surface area (Å²) >= 11 is 0. The lowest BCUT2D eigenvalue weighted by Gasteiger charge is -2.20. The summed E-state index contributed by atoms with van der Waals surface area (Å²) in [6.45, 7) is 7.52. The van der Waals surface area contributed by atoms with Crippen LogP contribution in [0.5, 0.6) is 0 Å². The molecule has 0 saturated heterocycles. The molecule has 27 heavy (non-hydrogen) atoms. The Balaban J connectivity index is 2.38. The van der Waals surface area contributed by atoms with Crippen LogP contribution in [0.2, 0.25) is 0 Å². The third-order valence-corrected chi connectivity index (χ3v) is 4.70. The first-order valence-electron chi connectivity index (χ1n) is 10.9. The summed E-state index contributed by atoms with van der Waals surface area (Å²) in [5.41, 5.74) is 1.82. The van der Waals surface area contributed by atoms with Crippen LogP contribution in [0.25, 0.3) is 6.08 Å². The number of hydroxylamine groups is 2. The molecule has 3 heteroatoms. The van der Waals surface area contributed by atoms with Crippen LogP contribution in [0, 0.1) is 0 Å². The van der Waals surface area contributed by atoms with E-state index in [2.05, 4.69) is 26.0 Å². The van der Waals surface area contributed by atoms with Crippen LogP contribution < -0.4 is 0 Å². The average Bonchev–Trinajstić information content (AvgIpc) is 2.70. The molecule has 0 saturated carbocycles. The zero-order chi connectivity index (χ0) is 19.7. The van der Waals surface area contributed by atoms with E-state index in [1.807, 2.05) is 31.2 Å². The van der Waals surface area contributed by atoms with Gasteiger partial charge in [0.1, 0.15) is 0 Å². The fourth-order valence-electron chi connectivity index (χ4n) is 2.96. The Hall–Kier alpha value is -1.61. The predicted octanol–water partition coefficient (Wildman–Crippen LogP) is 7.03. The van der Waals surface area contributed by atoms with Gasteiger partial charge in [0.2, 0.25) is 0 Å². The van der Waals surface area contributed by atoms with Crippen LogP contribution in [0.3, 0.4) is 0 Å². The topological polar surface area (TPSA) is 29.5 Å². The molecule has 0 N–H and O–H groups in total. The summed E-state index contributed by atoms with van der Waals surface area (Å²) < 4.78 is 0. The lowest BCUT2D eigenvalue weighted by molar-refractivity contribution is -0.121. The van der Waals surface area contributed by atoms with Crippen molar-refractivity contribution in [2.24, 2.45) is 0 Å². The van der Waals surface area contributed by atoms with E-state index < -0.39 is 0 Å². The summed E-state index contributed by atoms with van der Waals surface area (Å²) in [5.74, 6) is -0.0587. The lowest BCUT2D eigenvalue weighted by Crippen LogP contribution is -2.31. The molecule has 0 aromatic heterocycles. The van der Waals surface area contributed by atoms with Gasteiger partial charge in [-0.2, -0.15) is 0 Å². The molecular formula is C24H39NO2. The van der Waals surface area contributed by atoms with Crippen molar-refractivity contribution < 1.29 is 9.63 Å². The Morgan fingerprint density at radius 1 is 0.889 bits per heavy atom. The largest absolute Gasteiger partial charge is 0.277 e. The first kappa shape index (κ1) is 23.4. The molecule has 0 aliphatic rings. The van der Waals surface area contributed by atoms with Gasteiger partial charge in [-0.25, -0.2) is 5.06 Å². The smallest absolute Gasteiger partial charge is 0.271 e. The fourth-order valence-corrected chi connectivity index (χ4v) is 2.96. The zero-order valence-corrected chi connectivity index (χ0v) is 17.7. The summed E-state index contributed by atoms with van der Waals surface area (Å²) in [7, 11) is 0. The van der Waals surface area contributed by atoms with Gasteiger partial charge < -0.3 is 0 Å². The van der Waals surface area contributed by atoms with Gasteiger partial charge in [-0.1, -0.05) is 83.1 Å². The number of hydrogen-bond acceptors (Lipinski definition) is 2. The van der Waals surface area contributed by atoms with Crippen molar-refractivity contribution in [3.8, 4) is 0 Å². The minimum absolute atomic E-state index is 0.0587. The van der Waals surface area contributed by atoms with Crippen LogP contribution in [0.4, 0.5) is 0 Å². The molecule has 3 nitrogen and oxygen atoms in total.